The predicted octanol–water partition coefficient (Wildman–Crippen LogP) is 11.5. The molecular formula is C38H58NP2. The highest BCUT2D eigenvalue weighted by Crippen LogP contribution is 2.67. The van der Waals surface area contributed by atoms with E-state index in [1.807, 2.05) is 5.31 Å². The van der Waals surface area contributed by atoms with Crippen molar-refractivity contribution in [2.75, 3.05) is 14.1 Å². The van der Waals surface area contributed by atoms with Gasteiger partial charge in [-0.2, -0.15) is 0 Å². The minimum atomic E-state index is -0.112. The zero-order valence-electron chi connectivity index (χ0n) is 26.4. The molecule has 4 fully saturated rings. The average Bonchev–Trinajstić information content (AvgIpc) is 3.49. The lowest BCUT2D eigenvalue weighted by molar-refractivity contribution is 0.298. The molecule has 2 atom stereocenters. The van der Waals surface area contributed by atoms with Crippen LogP contribution in [0.5, 0.6) is 0 Å². The van der Waals surface area contributed by atoms with E-state index in [1.165, 1.54) is 128 Å². The van der Waals surface area contributed by atoms with Gasteiger partial charge in [-0.15, -0.1) is 5.73 Å². The number of rotatable bonds is 9. The summed E-state index contributed by atoms with van der Waals surface area (Å²) >= 11 is 0. The molecule has 4 saturated carbocycles. The van der Waals surface area contributed by atoms with Crippen LogP contribution in [-0.4, -0.2) is 47.7 Å². The minimum absolute atomic E-state index is 0.0935. The molecule has 225 valence electrons. The summed E-state index contributed by atoms with van der Waals surface area (Å²) in [4.78, 5) is 2.61. The first-order chi connectivity index (χ1) is 20.2. The van der Waals surface area contributed by atoms with Gasteiger partial charge in [0.25, 0.3) is 0 Å². The van der Waals surface area contributed by atoms with Crippen molar-refractivity contribution in [2.45, 2.75) is 157 Å². The first-order valence-electron chi connectivity index (χ1n) is 17.8. The fourth-order valence-corrected chi connectivity index (χ4v) is 17.6. The third kappa shape index (κ3) is 7.12. The van der Waals surface area contributed by atoms with E-state index in [4.69, 9.17) is 0 Å². The smallest absolute Gasteiger partial charge is 0.0525 e. The van der Waals surface area contributed by atoms with Crippen molar-refractivity contribution in [3.63, 3.8) is 0 Å². The van der Waals surface area contributed by atoms with Gasteiger partial charge in [-0.05, 0) is 111 Å². The molecule has 3 heteroatoms. The Labute approximate surface area is 256 Å². The normalized spacial score (nSPS) is 28.4. The first kappa shape index (κ1) is 30.6. The Morgan fingerprint density at radius 1 is 0.634 bits per heavy atom. The van der Waals surface area contributed by atoms with Crippen LogP contribution in [0, 0.1) is 12.3 Å². The van der Waals surface area contributed by atoms with Crippen LogP contribution in [0.25, 0.3) is 0 Å². The van der Waals surface area contributed by atoms with Crippen LogP contribution in [0.3, 0.4) is 0 Å². The number of likely N-dealkylation sites (N-methyl/N-ethyl adjacent to an activating group) is 1. The van der Waals surface area contributed by atoms with Gasteiger partial charge in [0.1, 0.15) is 0 Å². The average molecular weight is 591 g/mol. The second kappa shape index (κ2) is 15.0. The molecule has 0 saturated heterocycles. The molecule has 6 aliphatic carbocycles. The number of hydrogen-bond donors (Lipinski definition) is 0. The monoisotopic (exact) mass is 590 g/mol. The first-order valence-corrected chi connectivity index (χ1v) is 20.8. The number of allylic oxidation sites excluding steroid dienone is 3. The molecule has 0 aliphatic heterocycles. The lowest BCUT2D eigenvalue weighted by atomic mass is 9.89. The van der Waals surface area contributed by atoms with E-state index in [2.05, 4.69) is 61.5 Å². The van der Waals surface area contributed by atoms with Crippen LogP contribution in [0.1, 0.15) is 128 Å². The molecule has 0 amide bonds. The fraction of sp³-hybridized carbons (Fsp3) is 0.737. The van der Waals surface area contributed by atoms with Crippen molar-refractivity contribution in [1.82, 2.24) is 4.90 Å². The van der Waals surface area contributed by atoms with E-state index in [9.17, 15) is 0 Å². The molecule has 0 aromatic carbocycles. The van der Waals surface area contributed by atoms with Gasteiger partial charge in [0.05, 0.1) is 6.04 Å². The van der Waals surface area contributed by atoms with Crippen molar-refractivity contribution >= 4 is 15.8 Å². The maximum atomic E-state index is 3.97. The van der Waals surface area contributed by atoms with Crippen LogP contribution in [0.4, 0.5) is 0 Å². The minimum Gasteiger partial charge on any atom is -0.301 e. The van der Waals surface area contributed by atoms with Crippen LogP contribution >= 0.6 is 15.8 Å². The second-order valence-electron chi connectivity index (χ2n) is 14.4. The van der Waals surface area contributed by atoms with E-state index < -0.39 is 0 Å². The molecule has 6 rings (SSSR count). The van der Waals surface area contributed by atoms with E-state index in [0.29, 0.717) is 12.0 Å². The Bertz CT molecular complexity index is 969. The molecule has 41 heavy (non-hydrogen) atoms. The standard InChI is InChI=1S/C38H58NP2/c1-39(2)38(35-27-17-29-37(35)41(32-22-11-5-12-23-32)33-24-13-6-14-25-33)34-26-15-16-28-36(34)40(30-18-7-3-8-19-30)31-20-9-4-10-21-31/h15-17,26,28-34,38H,3-14,18-25H2,1-2H3/t34?,38-/m0/s1. The summed E-state index contributed by atoms with van der Waals surface area (Å²) in [6.45, 7) is 0. The molecule has 1 unspecified atom stereocenters. The Hall–Kier alpha value is -0.440. The molecule has 0 spiro atoms. The molecule has 0 N–H and O–H groups in total. The molecule has 1 nitrogen and oxygen atoms in total. The summed E-state index contributed by atoms with van der Waals surface area (Å²) < 4.78 is 0. The summed E-state index contributed by atoms with van der Waals surface area (Å²) in [7, 11) is 4.56. The number of nitrogens with zero attached hydrogens (tertiary/aromatic N) is 1. The molecule has 1 radical (unpaired) electrons. The maximum Gasteiger partial charge on any atom is 0.0525 e. The van der Waals surface area contributed by atoms with Gasteiger partial charge in [-0.1, -0.05) is 111 Å². The predicted molar refractivity (Wildman–Crippen MR) is 183 cm³/mol. The van der Waals surface area contributed by atoms with Gasteiger partial charge in [0.15, 0.2) is 0 Å². The molecule has 0 bridgehead atoms. The zero-order chi connectivity index (χ0) is 28.0. The Morgan fingerprint density at radius 3 is 1.56 bits per heavy atom. The maximum absolute atomic E-state index is 3.97. The SMILES string of the molecule is CN(C)[C@H](C1=C=CC=C1P(C1CCCCC1)C1CCCCC1)C1C=C[CH]C=C1P(C1CCCCC1)C1CCCCC1. The van der Waals surface area contributed by atoms with Gasteiger partial charge >= 0.3 is 0 Å². The summed E-state index contributed by atoms with van der Waals surface area (Å²) in [6, 6.07) is 0.422. The summed E-state index contributed by atoms with van der Waals surface area (Å²) in [5.74, 6) is 0.511. The Morgan fingerprint density at radius 2 is 1.10 bits per heavy atom. The highest BCUT2D eigenvalue weighted by molar-refractivity contribution is 7.64. The summed E-state index contributed by atoms with van der Waals surface area (Å²) in [5.41, 5.74) is 9.39. The quantitative estimate of drug-likeness (QED) is 0.191. The summed E-state index contributed by atoms with van der Waals surface area (Å²) in [5, 5.41) is 3.64. The topological polar surface area (TPSA) is 3.24 Å². The molecule has 0 heterocycles. The summed E-state index contributed by atoms with van der Waals surface area (Å²) in [6.07, 6.45) is 44.5. The van der Waals surface area contributed by atoms with Gasteiger partial charge in [-0.3, -0.25) is 0 Å². The lowest BCUT2D eigenvalue weighted by Gasteiger charge is -2.46. The van der Waals surface area contributed by atoms with E-state index in [-0.39, 0.29) is 15.8 Å². The molecule has 6 aliphatic rings. The third-order valence-electron chi connectivity index (χ3n) is 11.4. The fourth-order valence-electron chi connectivity index (χ4n) is 9.52. The van der Waals surface area contributed by atoms with Crippen LogP contribution in [0.15, 0.2) is 52.3 Å². The molecule has 0 aromatic heterocycles. The zero-order valence-corrected chi connectivity index (χ0v) is 28.2. The third-order valence-corrected chi connectivity index (χ3v) is 18.6. The van der Waals surface area contributed by atoms with Crippen molar-refractivity contribution in [1.29, 1.82) is 0 Å². The number of hydrogen-bond acceptors (Lipinski definition) is 1. The largest absolute Gasteiger partial charge is 0.301 e. The second-order valence-corrected chi connectivity index (χ2v) is 19.9. The highest BCUT2D eigenvalue weighted by Gasteiger charge is 2.43. The van der Waals surface area contributed by atoms with E-state index in [1.54, 1.807) is 10.9 Å². The molecular weight excluding hydrogens is 532 g/mol. The van der Waals surface area contributed by atoms with Crippen LogP contribution in [-0.2, 0) is 0 Å². The van der Waals surface area contributed by atoms with Crippen molar-refractivity contribution in [3.05, 3.63) is 58.7 Å². The Balaban J connectivity index is 1.33. The Kier molecular flexibility index (Phi) is 11.2. The van der Waals surface area contributed by atoms with Gasteiger partial charge in [0.2, 0.25) is 0 Å². The van der Waals surface area contributed by atoms with E-state index >= 15 is 0 Å². The van der Waals surface area contributed by atoms with Crippen molar-refractivity contribution < 1.29 is 0 Å². The van der Waals surface area contributed by atoms with Gasteiger partial charge in [-0.25, -0.2) is 0 Å². The van der Waals surface area contributed by atoms with Crippen LogP contribution in [0.2, 0.25) is 0 Å². The van der Waals surface area contributed by atoms with Gasteiger partial charge in [0, 0.05) is 17.9 Å². The van der Waals surface area contributed by atoms with Crippen molar-refractivity contribution in [2.24, 2.45) is 5.92 Å². The highest BCUT2D eigenvalue weighted by atomic mass is 31.1. The van der Waals surface area contributed by atoms with Crippen molar-refractivity contribution in [3.8, 4) is 0 Å². The van der Waals surface area contributed by atoms with Gasteiger partial charge < -0.3 is 4.90 Å². The van der Waals surface area contributed by atoms with Crippen LogP contribution < -0.4 is 0 Å². The van der Waals surface area contributed by atoms with E-state index in [0.717, 1.165) is 22.6 Å². The molecule has 0 aromatic rings. The lowest BCUT2D eigenvalue weighted by Crippen LogP contribution is -2.39.